The summed E-state index contributed by atoms with van der Waals surface area (Å²) in [5, 5.41) is 9.59. The molecule has 0 unspecified atom stereocenters. The van der Waals surface area contributed by atoms with E-state index in [1.54, 1.807) is 43.5 Å². The van der Waals surface area contributed by atoms with Crippen molar-refractivity contribution in [3.05, 3.63) is 58.1 Å². The van der Waals surface area contributed by atoms with Gasteiger partial charge < -0.3 is 20.1 Å². The van der Waals surface area contributed by atoms with Gasteiger partial charge in [-0.2, -0.15) is 5.10 Å². The van der Waals surface area contributed by atoms with Crippen LogP contribution in [0, 0.1) is 0 Å². The fourth-order valence-corrected chi connectivity index (χ4v) is 2.80. The summed E-state index contributed by atoms with van der Waals surface area (Å²) in [4.78, 5) is 35.6. The monoisotopic (exact) mass is 480 g/mol. The van der Waals surface area contributed by atoms with Crippen molar-refractivity contribution in [3.63, 3.8) is 0 Å². The van der Waals surface area contributed by atoms with Gasteiger partial charge in [0.2, 0.25) is 0 Å². The molecule has 3 amide bonds. The predicted molar refractivity (Wildman–Crippen MR) is 122 cm³/mol. The van der Waals surface area contributed by atoms with Gasteiger partial charge in [-0.3, -0.25) is 14.4 Å². The van der Waals surface area contributed by atoms with E-state index in [1.807, 2.05) is 0 Å². The molecule has 2 rings (SSSR count). The topological polar surface area (TPSA) is 118 Å². The summed E-state index contributed by atoms with van der Waals surface area (Å²) >= 11 is 11.9. The zero-order chi connectivity index (χ0) is 23.3. The number of ether oxygens (including phenoxy) is 2. The lowest BCUT2D eigenvalue weighted by molar-refractivity contribution is -0.139. The summed E-state index contributed by atoms with van der Waals surface area (Å²) in [6, 6.07) is 11.4. The fraction of sp³-hybridized carbons (Fsp3) is 0.238. The Morgan fingerprint density at radius 1 is 1.09 bits per heavy atom. The van der Waals surface area contributed by atoms with Crippen molar-refractivity contribution in [3.8, 4) is 5.75 Å². The third-order valence-corrected chi connectivity index (χ3v) is 4.42. The molecule has 32 heavy (non-hydrogen) atoms. The van der Waals surface area contributed by atoms with E-state index in [-0.39, 0.29) is 6.61 Å². The van der Waals surface area contributed by atoms with E-state index in [1.165, 1.54) is 12.3 Å². The van der Waals surface area contributed by atoms with Crippen LogP contribution in [0.1, 0.15) is 12.0 Å². The average molecular weight is 481 g/mol. The van der Waals surface area contributed by atoms with E-state index in [0.29, 0.717) is 46.6 Å². The fourth-order valence-electron chi connectivity index (χ4n) is 2.35. The van der Waals surface area contributed by atoms with Crippen LogP contribution in [0.25, 0.3) is 0 Å². The van der Waals surface area contributed by atoms with E-state index in [2.05, 4.69) is 21.2 Å². The molecule has 0 atom stereocenters. The van der Waals surface area contributed by atoms with Crippen LogP contribution in [-0.4, -0.2) is 50.8 Å². The van der Waals surface area contributed by atoms with Gasteiger partial charge >= 0.3 is 11.8 Å². The maximum absolute atomic E-state index is 12.2. The number of benzene rings is 2. The van der Waals surface area contributed by atoms with E-state index in [0.717, 1.165) is 0 Å². The van der Waals surface area contributed by atoms with Gasteiger partial charge in [-0.1, -0.05) is 35.3 Å². The SMILES string of the molecule is COCCCNC(=O)C(=O)N/N=C\c1ccccc1OCC(=O)Nc1ccc(Cl)cc1Cl. The number of nitrogens with zero attached hydrogens (tertiary/aromatic N) is 1. The van der Waals surface area contributed by atoms with Crippen LogP contribution in [0.5, 0.6) is 5.75 Å². The van der Waals surface area contributed by atoms with Gasteiger partial charge in [0, 0.05) is 30.8 Å². The molecule has 9 nitrogen and oxygen atoms in total. The third kappa shape index (κ3) is 8.54. The number of halogens is 2. The molecule has 0 spiro atoms. The molecule has 0 bridgehead atoms. The first-order valence-corrected chi connectivity index (χ1v) is 10.2. The lowest BCUT2D eigenvalue weighted by Crippen LogP contribution is -2.38. The van der Waals surface area contributed by atoms with Crippen LogP contribution in [0.15, 0.2) is 47.6 Å². The zero-order valence-electron chi connectivity index (χ0n) is 17.2. The highest BCUT2D eigenvalue weighted by molar-refractivity contribution is 6.36. The van der Waals surface area contributed by atoms with E-state index in [4.69, 9.17) is 32.7 Å². The van der Waals surface area contributed by atoms with Gasteiger partial charge in [0.1, 0.15) is 5.75 Å². The molecule has 11 heteroatoms. The Balaban J connectivity index is 1.87. The molecule has 3 N–H and O–H groups in total. The molecule has 0 aliphatic carbocycles. The Morgan fingerprint density at radius 2 is 1.88 bits per heavy atom. The first kappa shape index (κ1) is 25.1. The van der Waals surface area contributed by atoms with Gasteiger partial charge in [-0.25, -0.2) is 5.43 Å². The van der Waals surface area contributed by atoms with Gasteiger partial charge in [-0.15, -0.1) is 0 Å². The third-order valence-electron chi connectivity index (χ3n) is 3.87. The minimum atomic E-state index is -0.906. The number of para-hydroxylation sites is 1. The number of carbonyl (C=O) groups is 3. The molecule has 0 fully saturated rings. The van der Waals surface area contributed by atoms with Crippen molar-refractivity contribution in [1.82, 2.24) is 10.7 Å². The average Bonchev–Trinajstić information content (AvgIpc) is 2.77. The molecule has 0 saturated carbocycles. The summed E-state index contributed by atoms with van der Waals surface area (Å²) in [6.07, 6.45) is 1.89. The molecule has 2 aromatic carbocycles. The Morgan fingerprint density at radius 3 is 2.62 bits per heavy atom. The first-order valence-electron chi connectivity index (χ1n) is 9.47. The highest BCUT2D eigenvalue weighted by atomic mass is 35.5. The molecule has 170 valence electrons. The Hall–Kier alpha value is -3.14. The summed E-state index contributed by atoms with van der Waals surface area (Å²) in [5.74, 6) is -1.79. The Labute approximate surface area is 195 Å². The molecule has 0 heterocycles. The maximum Gasteiger partial charge on any atom is 0.329 e. The van der Waals surface area contributed by atoms with Crippen LogP contribution in [0.4, 0.5) is 5.69 Å². The van der Waals surface area contributed by atoms with Gasteiger partial charge in [-0.05, 0) is 36.8 Å². The standard InChI is InChI=1S/C21H22Cl2N4O5/c1-31-10-4-9-24-20(29)21(30)27-25-12-14-5-2-3-6-18(14)32-13-19(28)26-17-8-7-15(22)11-16(17)23/h2-3,5-8,11-12H,4,9-10,13H2,1H3,(H,24,29)(H,26,28)(H,27,30)/b25-12-. The number of amides is 3. The minimum Gasteiger partial charge on any atom is -0.483 e. The highest BCUT2D eigenvalue weighted by Gasteiger charge is 2.12. The van der Waals surface area contributed by atoms with Crippen LogP contribution in [0.3, 0.4) is 0 Å². The largest absolute Gasteiger partial charge is 0.483 e. The first-order chi connectivity index (χ1) is 15.4. The van der Waals surface area contributed by atoms with E-state index >= 15 is 0 Å². The molecule has 0 aliphatic rings. The molecule has 0 aromatic heterocycles. The van der Waals surface area contributed by atoms with Crippen LogP contribution >= 0.6 is 23.2 Å². The van der Waals surface area contributed by atoms with Gasteiger partial charge in [0.15, 0.2) is 6.61 Å². The molecule has 0 radical (unpaired) electrons. The van der Waals surface area contributed by atoms with Crippen LogP contribution < -0.4 is 20.8 Å². The molecular weight excluding hydrogens is 459 g/mol. The van der Waals surface area contributed by atoms with Crippen molar-refractivity contribution in [2.24, 2.45) is 5.10 Å². The van der Waals surface area contributed by atoms with Crippen LogP contribution in [0.2, 0.25) is 10.0 Å². The number of hydrogen-bond donors (Lipinski definition) is 3. The van der Waals surface area contributed by atoms with Crippen molar-refractivity contribution in [2.75, 3.05) is 32.2 Å². The highest BCUT2D eigenvalue weighted by Crippen LogP contribution is 2.25. The quantitative estimate of drug-likeness (QED) is 0.209. The lowest BCUT2D eigenvalue weighted by Gasteiger charge is -2.10. The van der Waals surface area contributed by atoms with E-state index in [9.17, 15) is 14.4 Å². The number of methoxy groups -OCH3 is 1. The van der Waals surface area contributed by atoms with Gasteiger partial charge in [0.05, 0.1) is 16.9 Å². The smallest absolute Gasteiger partial charge is 0.329 e. The summed E-state index contributed by atoms with van der Waals surface area (Å²) in [5.41, 5.74) is 3.03. The second-order valence-electron chi connectivity index (χ2n) is 6.30. The Bertz CT molecular complexity index is 984. The number of hydrazone groups is 1. The second-order valence-corrected chi connectivity index (χ2v) is 7.14. The number of nitrogens with one attached hydrogen (secondary N) is 3. The summed E-state index contributed by atoms with van der Waals surface area (Å²) in [6.45, 7) is 0.491. The molecule has 2 aromatic rings. The number of carbonyl (C=O) groups excluding carboxylic acids is 3. The lowest BCUT2D eigenvalue weighted by atomic mass is 10.2. The number of hydrogen-bond acceptors (Lipinski definition) is 6. The molecule has 0 aliphatic heterocycles. The second kappa shape index (κ2) is 13.3. The summed E-state index contributed by atoms with van der Waals surface area (Å²) < 4.78 is 10.4. The summed E-state index contributed by atoms with van der Waals surface area (Å²) in [7, 11) is 1.55. The number of rotatable bonds is 10. The van der Waals surface area contributed by atoms with Crippen molar-refractivity contribution >= 4 is 52.8 Å². The zero-order valence-corrected chi connectivity index (χ0v) is 18.7. The normalized spacial score (nSPS) is 10.6. The van der Waals surface area contributed by atoms with Crippen molar-refractivity contribution in [2.45, 2.75) is 6.42 Å². The number of anilines is 1. The predicted octanol–water partition coefficient (Wildman–Crippen LogP) is 2.61. The van der Waals surface area contributed by atoms with E-state index < -0.39 is 17.7 Å². The van der Waals surface area contributed by atoms with Crippen LogP contribution in [-0.2, 0) is 19.1 Å². The molecular formula is C21H22Cl2N4O5. The van der Waals surface area contributed by atoms with Gasteiger partial charge in [0.25, 0.3) is 5.91 Å². The minimum absolute atomic E-state index is 0.292. The van der Waals surface area contributed by atoms with Crippen molar-refractivity contribution in [1.29, 1.82) is 0 Å². The van der Waals surface area contributed by atoms with Crippen molar-refractivity contribution < 1.29 is 23.9 Å². The maximum atomic E-state index is 12.2. The Kier molecular flexibility index (Phi) is 10.5. The molecule has 0 saturated heterocycles.